The maximum absolute atomic E-state index is 12.6. The van der Waals surface area contributed by atoms with Gasteiger partial charge in [-0.2, -0.15) is 4.37 Å². The van der Waals surface area contributed by atoms with Crippen molar-refractivity contribution in [2.45, 2.75) is 68.1 Å². The fourth-order valence-electron chi connectivity index (χ4n) is 4.36. The molecule has 7 unspecified atom stereocenters. The Morgan fingerprint density at radius 2 is 1.86 bits per heavy atom. The number of phosphoric acid groups is 1. The summed E-state index contributed by atoms with van der Waals surface area (Å²) in [7, 11) is -5.47. The number of amides is 1. The van der Waals surface area contributed by atoms with Crippen LogP contribution < -0.4 is 11.1 Å². The van der Waals surface area contributed by atoms with Gasteiger partial charge < -0.3 is 65.5 Å². The molecule has 0 bridgehead atoms. The second kappa shape index (κ2) is 13.5. The minimum Gasteiger partial charge on any atom is -0.394 e. The highest BCUT2D eigenvalue weighted by atomic mass is 32.5. The highest BCUT2D eigenvalue weighted by Gasteiger charge is 2.51. The van der Waals surface area contributed by atoms with E-state index in [-0.39, 0.29) is 11.3 Å². The van der Waals surface area contributed by atoms with Crippen LogP contribution in [0.1, 0.15) is 17.9 Å². The standard InChI is InChI=1S/C19H29N5O15P2S2/c1-5(26)23-10-11(28)7(36-16(10)17-8-9(24-43-17)18(20)22-4-21-8)3-35-41(34,42)39-40(32,33)38-19-14(31)12(29)13(30)15(37-19)6(27)2-25/h4,6-7,10-16,19,25,27-31H,2-3H2,1H3,(H,23,26)(H,32,33)(H,34,42)(H2,20,21,22)/t6-,7+,10+,11+,12?,13?,14?,15?,16+,19?,41?/m0/s1. The number of phosphoric ester groups is 1. The molecule has 20 nitrogen and oxygen atoms in total. The van der Waals surface area contributed by atoms with Crippen molar-refractivity contribution in [1.82, 2.24) is 19.7 Å². The fraction of sp³-hybridized carbons (Fsp3) is 0.684. The molecule has 11 N–H and O–H groups in total. The average Bonchev–Trinajstić information content (AvgIpc) is 3.48. The molecule has 2 saturated heterocycles. The molecular formula is C19H29N5O15P2S2. The van der Waals surface area contributed by atoms with Gasteiger partial charge in [-0.15, -0.1) is 0 Å². The number of hydrogen-bond donors (Lipinski definition) is 10. The second-order valence-electron chi connectivity index (χ2n) is 9.43. The summed E-state index contributed by atoms with van der Waals surface area (Å²) in [6.07, 6.45) is -14.5. The van der Waals surface area contributed by atoms with E-state index in [0.717, 1.165) is 11.5 Å². The molecule has 1 amide bonds. The first-order valence-corrected chi connectivity index (χ1v) is 17.1. The van der Waals surface area contributed by atoms with Crippen LogP contribution in [0.5, 0.6) is 0 Å². The molecule has 0 aliphatic carbocycles. The summed E-state index contributed by atoms with van der Waals surface area (Å²) in [5.41, 5.74) is 6.41. The number of carbonyl (C=O) groups excluding carboxylic acids is 1. The van der Waals surface area contributed by atoms with Gasteiger partial charge in [0.2, 0.25) is 5.91 Å². The Morgan fingerprint density at radius 3 is 2.51 bits per heavy atom. The van der Waals surface area contributed by atoms with E-state index in [1.54, 1.807) is 0 Å². The number of carbonyl (C=O) groups is 1. The first-order chi connectivity index (χ1) is 20.0. The van der Waals surface area contributed by atoms with Crippen LogP contribution in [0.4, 0.5) is 5.82 Å². The number of aromatic nitrogens is 3. The van der Waals surface area contributed by atoms with E-state index in [9.17, 15) is 44.7 Å². The number of nitrogens with two attached hydrogens (primary N) is 1. The van der Waals surface area contributed by atoms with Crippen molar-refractivity contribution in [2.24, 2.45) is 0 Å². The Kier molecular flexibility index (Phi) is 10.8. The third kappa shape index (κ3) is 7.71. The number of aliphatic hydroxyl groups excluding tert-OH is 6. The van der Waals surface area contributed by atoms with Gasteiger partial charge in [-0.05, 0) is 23.3 Å². The molecule has 0 saturated carbocycles. The lowest BCUT2D eigenvalue weighted by Gasteiger charge is -2.41. The number of aliphatic hydroxyl groups is 6. The fourth-order valence-corrected chi connectivity index (χ4v) is 8.37. The lowest BCUT2D eigenvalue weighted by Crippen LogP contribution is -2.61. The number of fused-ring (bicyclic) bond motifs is 1. The third-order valence-electron chi connectivity index (χ3n) is 6.36. The predicted molar refractivity (Wildman–Crippen MR) is 145 cm³/mol. The van der Waals surface area contributed by atoms with Gasteiger partial charge in [0.05, 0.1) is 24.1 Å². The Bertz CT molecular complexity index is 1410. The summed E-state index contributed by atoms with van der Waals surface area (Å²) in [6.45, 7) is -5.16. The van der Waals surface area contributed by atoms with Crippen molar-refractivity contribution in [3.8, 4) is 0 Å². The van der Waals surface area contributed by atoms with Crippen LogP contribution in [0.2, 0.25) is 0 Å². The number of hydrogen-bond acceptors (Lipinski definition) is 19. The summed E-state index contributed by atoms with van der Waals surface area (Å²) in [4.78, 5) is 40.8. The van der Waals surface area contributed by atoms with Gasteiger partial charge in [0.15, 0.2) is 12.1 Å². The molecule has 242 valence electrons. The number of nitrogen functional groups attached to an aromatic ring is 1. The summed E-state index contributed by atoms with van der Waals surface area (Å²) < 4.78 is 42.0. The smallest absolute Gasteiger partial charge is 0.394 e. The van der Waals surface area contributed by atoms with E-state index in [4.69, 9.17) is 36.6 Å². The topological polar surface area (TPSA) is 319 Å². The lowest BCUT2D eigenvalue weighted by atomic mass is 9.96. The van der Waals surface area contributed by atoms with E-state index >= 15 is 0 Å². The number of ether oxygens (including phenoxy) is 2. The Hall–Kier alpha value is -1.40. The minimum absolute atomic E-state index is 0.0905. The maximum Gasteiger partial charge on any atom is 0.481 e. The normalized spacial score (nSPS) is 34.9. The zero-order valence-corrected chi connectivity index (χ0v) is 25.3. The van der Waals surface area contributed by atoms with Crippen molar-refractivity contribution < 1.29 is 72.6 Å². The van der Waals surface area contributed by atoms with Crippen molar-refractivity contribution >= 4 is 60.6 Å². The van der Waals surface area contributed by atoms with Crippen molar-refractivity contribution in [3.05, 3.63) is 11.2 Å². The van der Waals surface area contributed by atoms with Crippen LogP contribution in [0.25, 0.3) is 11.0 Å². The second-order valence-corrected chi connectivity index (χ2v) is 14.6. The molecule has 2 fully saturated rings. The van der Waals surface area contributed by atoms with Crippen molar-refractivity contribution in [3.63, 3.8) is 0 Å². The van der Waals surface area contributed by atoms with Crippen LogP contribution in [0.15, 0.2) is 6.33 Å². The molecule has 0 radical (unpaired) electrons. The first-order valence-electron chi connectivity index (χ1n) is 12.2. The zero-order chi connectivity index (χ0) is 31.9. The Labute approximate surface area is 251 Å². The summed E-state index contributed by atoms with van der Waals surface area (Å²) in [6, 6.07) is -1.07. The molecule has 24 heteroatoms. The Morgan fingerprint density at radius 1 is 1.16 bits per heavy atom. The molecule has 0 aromatic carbocycles. The average molecular weight is 694 g/mol. The highest BCUT2D eigenvalue weighted by Crippen LogP contribution is 2.62. The summed E-state index contributed by atoms with van der Waals surface area (Å²) in [5.74, 6) is -0.428. The van der Waals surface area contributed by atoms with Crippen LogP contribution in [0.3, 0.4) is 0 Å². The SMILES string of the molecule is CC(=O)N[C@@H]1[C@H](O)[C@@H](COP(O)(=S)OP(=O)(O)OC2OC([C@@H](O)CO)C(O)C(O)C2O)O[C@H]1c1snc2c(N)ncnc12. The maximum atomic E-state index is 12.6. The molecule has 43 heavy (non-hydrogen) atoms. The highest BCUT2D eigenvalue weighted by molar-refractivity contribution is 8.08. The molecule has 4 heterocycles. The van der Waals surface area contributed by atoms with E-state index in [2.05, 4.69) is 28.5 Å². The quantitative estimate of drug-likeness (QED) is 0.102. The van der Waals surface area contributed by atoms with E-state index < -0.39 is 94.8 Å². The number of nitrogens with one attached hydrogen (secondary N) is 1. The van der Waals surface area contributed by atoms with Crippen LogP contribution in [-0.2, 0) is 44.0 Å². The number of rotatable bonds is 11. The van der Waals surface area contributed by atoms with Crippen LogP contribution in [0, 0.1) is 0 Å². The number of nitrogens with zero attached hydrogens (tertiary/aromatic N) is 3. The van der Waals surface area contributed by atoms with E-state index in [1.165, 1.54) is 13.3 Å². The predicted octanol–water partition coefficient (Wildman–Crippen LogP) is -3.50. The largest absolute Gasteiger partial charge is 0.481 e. The van der Waals surface area contributed by atoms with Gasteiger partial charge in [0.1, 0.15) is 66.2 Å². The van der Waals surface area contributed by atoms with Crippen LogP contribution in [-0.4, -0.2) is 129 Å². The van der Waals surface area contributed by atoms with Gasteiger partial charge in [0.25, 0.3) is 0 Å². The molecule has 2 aliphatic heterocycles. The van der Waals surface area contributed by atoms with Crippen molar-refractivity contribution in [2.75, 3.05) is 18.9 Å². The van der Waals surface area contributed by atoms with Gasteiger partial charge in [-0.3, -0.25) is 9.32 Å². The zero-order valence-electron chi connectivity index (χ0n) is 21.8. The number of anilines is 1. The molecule has 0 spiro atoms. The van der Waals surface area contributed by atoms with Crippen molar-refractivity contribution in [1.29, 1.82) is 0 Å². The first kappa shape index (κ1) is 34.5. The Balaban J connectivity index is 1.44. The molecule has 2 aromatic rings. The molecule has 2 aliphatic rings. The molecular weight excluding hydrogens is 664 g/mol. The van der Waals surface area contributed by atoms with Gasteiger partial charge >= 0.3 is 14.5 Å². The van der Waals surface area contributed by atoms with Gasteiger partial charge in [0, 0.05) is 6.92 Å². The van der Waals surface area contributed by atoms with Gasteiger partial charge in [-0.1, -0.05) is 0 Å². The third-order valence-corrected chi connectivity index (χ3v) is 10.8. The van der Waals surface area contributed by atoms with Crippen LogP contribution >= 0.6 is 26.1 Å². The van der Waals surface area contributed by atoms with E-state index in [0.29, 0.717) is 10.4 Å². The molecule has 12 atom stereocenters. The molecule has 2 aromatic heterocycles. The van der Waals surface area contributed by atoms with Gasteiger partial charge in [-0.25, -0.2) is 18.8 Å². The summed E-state index contributed by atoms with van der Waals surface area (Å²) in [5, 5.41) is 62.4. The monoisotopic (exact) mass is 693 g/mol. The lowest BCUT2D eigenvalue weighted by molar-refractivity contribution is -0.292. The minimum atomic E-state index is -5.47. The molecule has 4 rings (SSSR count). The van der Waals surface area contributed by atoms with E-state index in [1.807, 2.05) is 0 Å². The summed E-state index contributed by atoms with van der Waals surface area (Å²) >= 11 is 5.70.